The fourth-order valence-electron chi connectivity index (χ4n) is 3.20. The quantitative estimate of drug-likeness (QED) is 0.656. The monoisotopic (exact) mass is 382 g/mol. The van der Waals surface area contributed by atoms with Gasteiger partial charge in [-0.1, -0.05) is 24.3 Å². The molecule has 0 spiro atoms. The normalized spacial score (nSPS) is 15.2. The van der Waals surface area contributed by atoms with Crippen molar-refractivity contribution >= 4 is 17.2 Å². The Morgan fingerprint density at radius 2 is 1.85 bits per heavy atom. The van der Waals surface area contributed by atoms with Crippen molar-refractivity contribution < 1.29 is 9.21 Å². The Kier molecular flexibility index (Phi) is 5.60. The third-order valence-corrected chi connectivity index (χ3v) is 5.67. The fraction of sp³-hybridized carbons (Fsp3) is 0.350. The lowest BCUT2D eigenvalue weighted by molar-refractivity contribution is -0.133. The predicted molar refractivity (Wildman–Crippen MR) is 104 cm³/mol. The molecule has 1 aromatic carbocycles. The first kappa shape index (κ1) is 17.9. The van der Waals surface area contributed by atoms with Gasteiger partial charge in [0.05, 0.1) is 6.54 Å². The Labute approximate surface area is 162 Å². The summed E-state index contributed by atoms with van der Waals surface area (Å²) >= 11 is 1.71. The molecule has 140 valence electrons. The first-order valence-corrected chi connectivity index (χ1v) is 10.1. The van der Waals surface area contributed by atoms with Crippen LogP contribution in [0.5, 0.6) is 0 Å². The van der Waals surface area contributed by atoms with Gasteiger partial charge >= 0.3 is 0 Å². The van der Waals surface area contributed by atoms with Gasteiger partial charge in [0, 0.05) is 43.0 Å². The van der Waals surface area contributed by atoms with Gasteiger partial charge in [0.1, 0.15) is 0 Å². The van der Waals surface area contributed by atoms with Crippen molar-refractivity contribution in [3.63, 3.8) is 0 Å². The van der Waals surface area contributed by atoms with Crippen molar-refractivity contribution in [1.29, 1.82) is 0 Å². The third-order valence-electron chi connectivity index (χ3n) is 4.74. The van der Waals surface area contributed by atoms with Crippen LogP contribution < -0.4 is 0 Å². The molecule has 0 saturated carbocycles. The van der Waals surface area contributed by atoms with Crippen LogP contribution in [-0.2, 0) is 17.8 Å². The number of carbonyl (C=O) groups excluding carboxylic acids is 1. The van der Waals surface area contributed by atoms with E-state index in [1.807, 2.05) is 41.3 Å². The number of amides is 1. The molecule has 2 aromatic heterocycles. The largest absolute Gasteiger partial charge is 0.419 e. The van der Waals surface area contributed by atoms with E-state index in [1.54, 1.807) is 11.3 Å². The van der Waals surface area contributed by atoms with Crippen LogP contribution in [0.3, 0.4) is 0 Å². The molecule has 1 amide bonds. The maximum Gasteiger partial charge on any atom is 0.247 e. The van der Waals surface area contributed by atoms with E-state index in [0.717, 1.165) is 38.2 Å². The average molecular weight is 382 g/mol. The van der Waals surface area contributed by atoms with Gasteiger partial charge in [-0.05, 0) is 30.0 Å². The summed E-state index contributed by atoms with van der Waals surface area (Å²) in [7, 11) is 0. The predicted octanol–water partition coefficient (Wildman–Crippen LogP) is 3.08. The first-order chi connectivity index (χ1) is 13.3. The van der Waals surface area contributed by atoms with Gasteiger partial charge in [0.2, 0.25) is 17.7 Å². The summed E-state index contributed by atoms with van der Waals surface area (Å²) in [6.07, 6.45) is 1.42. The molecule has 0 bridgehead atoms. The smallest absolute Gasteiger partial charge is 0.247 e. The second-order valence-corrected chi connectivity index (χ2v) is 7.64. The Morgan fingerprint density at radius 3 is 2.59 bits per heavy atom. The van der Waals surface area contributed by atoms with Crippen LogP contribution in [-0.4, -0.2) is 52.1 Å². The summed E-state index contributed by atoms with van der Waals surface area (Å²) in [5.41, 5.74) is 0.928. The van der Waals surface area contributed by atoms with Crippen LogP contribution >= 0.6 is 11.3 Å². The molecule has 1 saturated heterocycles. The molecule has 1 aliphatic rings. The lowest BCUT2D eigenvalue weighted by atomic mass is 10.2. The van der Waals surface area contributed by atoms with Crippen LogP contribution in [0.25, 0.3) is 11.5 Å². The molecule has 0 aliphatic carbocycles. The molecule has 3 heterocycles. The van der Waals surface area contributed by atoms with Crippen molar-refractivity contribution in [3.8, 4) is 11.5 Å². The average Bonchev–Trinajstić information content (AvgIpc) is 3.39. The zero-order valence-corrected chi connectivity index (χ0v) is 15.9. The number of nitrogens with zero attached hydrogens (tertiary/aromatic N) is 4. The zero-order valence-electron chi connectivity index (χ0n) is 15.1. The number of carbonyl (C=O) groups is 1. The minimum Gasteiger partial charge on any atom is -0.419 e. The highest BCUT2D eigenvalue weighted by atomic mass is 32.1. The molecular weight excluding hydrogens is 360 g/mol. The molecule has 1 aliphatic heterocycles. The van der Waals surface area contributed by atoms with E-state index in [-0.39, 0.29) is 5.91 Å². The van der Waals surface area contributed by atoms with Gasteiger partial charge in [-0.3, -0.25) is 9.69 Å². The van der Waals surface area contributed by atoms with Crippen LogP contribution in [0.15, 0.2) is 52.3 Å². The van der Waals surface area contributed by atoms with E-state index in [0.29, 0.717) is 24.7 Å². The van der Waals surface area contributed by atoms with Crippen molar-refractivity contribution in [2.75, 3.05) is 26.2 Å². The summed E-state index contributed by atoms with van der Waals surface area (Å²) in [5.74, 6) is 1.41. The van der Waals surface area contributed by atoms with Crippen LogP contribution in [0.1, 0.15) is 17.2 Å². The van der Waals surface area contributed by atoms with Crippen LogP contribution in [0.2, 0.25) is 0 Å². The van der Waals surface area contributed by atoms with Crippen molar-refractivity contribution in [2.45, 2.75) is 19.4 Å². The van der Waals surface area contributed by atoms with Gasteiger partial charge in [-0.15, -0.1) is 21.5 Å². The summed E-state index contributed by atoms with van der Waals surface area (Å²) in [6, 6.07) is 13.9. The molecule has 6 nitrogen and oxygen atoms in total. The Hall–Kier alpha value is -2.51. The molecule has 3 aromatic rings. The molecule has 0 N–H and O–H groups in total. The Balaban J connectivity index is 1.25. The lowest BCUT2D eigenvalue weighted by Gasteiger charge is -2.34. The topological polar surface area (TPSA) is 62.5 Å². The highest BCUT2D eigenvalue weighted by Gasteiger charge is 2.22. The number of piperazine rings is 1. The number of rotatable bonds is 6. The van der Waals surface area contributed by atoms with Crippen LogP contribution in [0.4, 0.5) is 0 Å². The molecule has 0 unspecified atom stereocenters. The summed E-state index contributed by atoms with van der Waals surface area (Å²) in [5, 5.41) is 10.4. The number of thiophene rings is 1. The molecule has 0 radical (unpaired) electrons. The summed E-state index contributed by atoms with van der Waals surface area (Å²) in [6.45, 7) is 3.78. The molecular formula is C20H22N4O2S. The van der Waals surface area contributed by atoms with Crippen LogP contribution in [0, 0.1) is 0 Å². The van der Waals surface area contributed by atoms with E-state index in [1.165, 1.54) is 4.88 Å². The molecule has 27 heavy (non-hydrogen) atoms. The van der Waals surface area contributed by atoms with E-state index in [9.17, 15) is 4.79 Å². The summed E-state index contributed by atoms with van der Waals surface area (Å²) in [4.78, 5) is 17.9. The number of aromatic nitrogens is 2. The zero-order chi connectivity index (χ0) is 18.5. The maximum atomic E-state index is 12.4. The standard InChI is InChI=1S/C20H22N4O2S/c25-19(9-8-17-7-4-14-27-17)24-12-10-23(11-13-24)15-18-21-22-20(26-18)16-5-2-1-3-6-16/h1-7,14H,8-13,15H2. The van der Waals surface area contributed by atoms with Gasteiger partial charge in [0.25, 0.3) is 0 Å². The lowest BCUT2D eigenvalue weighted by Crippen LogP contribution is -2.48. The maximum absolute atomic E-state index is 12.4. The summed E-state index contributed by atoms with van der Waals surface area (Å²) < 4.78 is 5.78. The van der Waals surface area contributed by atoms with Gasteiger partial charge in [0.15, 0.2) is 0 Å². The van der Waals surface area contributed by atoms with E-state index in [2.05, 4.69) is 26.5 Å². The minimum absolute atomic E-state index is 0.243. The highest BCUT2D eigenvalue weighted by Crippen LogP contribution is 2.18. The van der Waals surface area contributed by atoms with Gasteiger partial charge < -0.3 is 9.32 Å². The number of benzene rings is 1. The van der Waals surface area contributed by atoms with Gasteiger partial charge in [-0.2, -0.15) is 0 Å². The molecule has 0 atom stereocenters. The second kappa shape index (κ2) is 8.45. The minimum atomic E-state index is 0.243. The van der Waals surface area contributed by atoms with Crippen molar-refractivity contribution in [3.05, 3.63) is 58.6 Å². The fourth-order valence-corrected chi connectivity index (χ4v) is 3.91. The Bertz CT molecular complexity index is 855. The molecule has 1 fully saturated rings. The van der Waals surface area contributed by atoms with E-state index < -0.39 is 0 Å². The first-order valence-electron chi connectivity index (χ1n) is 9.18. The molecule has 7 heteroatoms. The van der Waals surface area contributed by atoms with E-state index >= 15 is 0 Å². The number of hydrogen-bond donors (Lipinski definition) is 0. The third kappa shape index (κ3) is 4.61. The molecule has 4 rings (SSSR count). The second-order valence-electron chi connectivity index (χ2n) is 6.60. The number of hydrogen-bond acceptors (Lipinski definition) is 6. The highest BCUT2D eigenvalue weighted by molar-refractivity contribution is 7.09. The Morgan fingerprint density at radius 1 is 1.04 bits per heavy atom. The van der Waals surface area contributed by atoms with Crippen molar-refractivity contribution in [1.82, 2.24) is 20.0 Å². The van der Waals surface area contributed by atoms with E-state index in [4.69, 9.17) is 4.42 Å². The number of aryl methyl sites for hydroxylation is 1. The SMILES string of the molecule is O=C(CCc1cccs1)N1CCN(Cc2nnc(-c3ccccc3)o2)CC1. The van der Waals surface area contributed by atoms with Gasteiger partial charge in [-0.25, -0.2) is 0 Å². The van der Waals surface area contributed by atoms with Crippen molar-refractivity contribution in [2.24, 2.45) is 0 Å².